The van der Waals surface area contributed by atoms with Crippen LogP contribution in [0.1, 0.15) is 12.5 Å². The lowest BCUT2D eigenvalue weighted by Crippen LogP contribution is -2.34. The van der Waals surface area contributed by atoms with Crippen molar-refractivity contribution in [3.8, 4) is 11.5 Å². The molecule has 110 valence electrons. The molecule has 4 nitrogen and oxygen atoms in total. The van der Waals surface area contributed by atoms with Gasteiger partial charge in [0.1, 0.15) is 17.5 Å². The minimum atomic E-state index is -0.324. The van der Waals surface area contributed by atoms with Crippen molar-refractivity contribution in [2.24, 2.45) is 0 Å². The number of rotatable bonds is 6. The van der Waals surface area contributed by atoms with Crippen molar-refractivity contribution in [3.05, 3.63) is 60.2 Å². The van der Waals surface area contributed by atoms with Crippen molar-refractivity contribution in [2.75, 3.05) is 7.11 Å². The summed E-state index contributed by atoms with van der Waals surface area (Å²) in [6.07, 6.45) is 0. The van der Waals surface area contributed by atoms with Crippen molar-refractivity contribution in [1.82, 2.24) is 5.32 Å². The van der Waals surface area contributed by atoms with Gasteiger partial charge in [0.15, 0.2) is 0 Å². The van der Waals surface area contributed by atoms with Gasteiger partial charge in [-0.3, -0.25) is 4.79 Å². The number of ether oxygens (including phenoxy) is 2. The van der Waals surface area contributed by atoms with Gasteiger partial charge in [-0.05, 0) is 36.8 Å². The Bertz CT molecular complexity index is 566. The molecule has 2 aromatic rings. The number of esters is 1. The normalized spacial score (nSPS) is 11.7. The van der Waals surface area contributed by atoms with Crippen LogP contribution >= 0.6 is 0 Å². The second kappa shape index (κ2) is 7.45. The molecule has 0 bridgehead atoms. The molecule has 0 fully saturated rings. The summed E-state index contributed by atoms with van der Waals surface area (Å²) in [5.41, 5.74) is 1.08. The Hall–Kier alpha value is -2.33. The molecule has 0 aliphatic carbocycles. The predicted octanol–water partition coefficient (Wildman–Crippen LogP) is 3.13. The Balaban J connectivity index is 1.89. The minimum Gasteiger partial charge on any atom is -0.468 e. The Morgan fingerprint density at radius 2 is 1.67 bits per heavy atom. The first-order chi connectivity index (χ1) is 10.2. The van der Waals surface area contributed by atoms with E-state index in [1.54, 1.807) is 6.92 Å². The number of methoxy groups -OCH3 is 1. The van der Waals surface area contributed by atoms with E-state index < -0.39 is 0 Å². The topological polar surface area (TPSA) is 47.6 Å². The highest BCUT2D eigenvalue weighted by Crippen LogP contribution is 2.21. The summed E-state index contributed by atoms with van der Waals surface area (Å²) in [5.74, 6) is 1.33. The number of carbonyl (C=O) groups excluding carboxylic acids is 1. The van der Waals surface area contributed by atoms with Crippen LogP contribution in [0.2, 0.25) is 0 Å². The first-order valence-electron chi connectivity index (χ1n) is 6.82. The van der Waals surface area contributed by atoms with E-state index in [1.165, 1.54) is 7.11 Å². The Labute approximate surface area is 124 Å². The van der Waals surface area contributed by atoms with E-state index in [0.29, 0.717) is 6.54 Å². The predicted molar refractivity (Wildman–Crippen MR) is 81.3 cm³/mol. The highest BCUT2D eigenvalue weighted by molar-refractivity contribution is 5.75. The van der Waals surface area contributed by atoms with Crippen LogP contribution in [0.15, 0.2) is 54.6 Å². The van der Waals surface area contributed by atoms with Gasteiger partial charge in [0, 0.05) is 6.54 Å². The Morgan fingerprint density at radius 1 is 1.05 bits per heavy atom. The van der Waals surface area contributed by atoms with E-state index in [0.717, 1.165) is 17.1 Å². The second-order valence-corrected chi connectivity index (χ2v) is 4.68. The SMILES string of the molecule is COC(=O)[C@H](C)NCc1ccc(Oc2ccccc2)cc1. The highest BCUT2D eigenvalue weighted by Gasteiger charge is 2.11. The zero-order valence-electron chi connectivity index (χ0n) is 12.2. The zero-order valence-corrected chi connectivity index (χ0v) is 12.2. The molecule has 0 amide bonds. The Kier molecular flexibility index (Phi) is 5.35. The van der Waals surface area contributed by atoms with Gasteiger partial charge in [-0.2, -0.15) is 0 Å². The smallest absolute Gasteiger partial charge is 0.322 e. The minimum absolute atomic E-state index is 0.265. The summed E-state index contributed by atoms with van der Waals surface area (Å²) < 4.78 is 10.4. The summed E-state index contributed by atoms with van der Waals surface area (Å²) in [6, 6.07) is 17.1. The first kappa shape index (κ1) is 15.1. The largest absolute Gasteiger partial charge is 0.468 e. The van der Waals surface area contributed by atoms with Crippen LogP contribution in [0.3, 0.4) is 0 Å². The van der Waals surface area contributed by atoms with Crippen LogP contribution in [0, 0.1) is 0 Å². The molecule has 1 atom stereocenters. The van der Waals surface area contributed by atoms with Gasteiger partial charge in [-0.15, -0.1) is 0 Å². The standard InChI is InChI=1S/C17H19NO3/c1-13(17(19)20-2)18-12-14-8-10-16(11-9-14)21-15-6-4-3-5-7-15/h3-11,13,18H,12H2,1-2H3/t13-/m0/s1. The molecule has 0 radical (unpaired) electrons. The molecule has 21 heavy (non-hydrogen) atoms. The van der Waals surface area contributed by atoms with Gasteiger partial charge in [0.25, 0.3) is 0 Å². The number of carbonyl (C=O) groups is 1. The van der Waals surface area contributed by atoms with Crippen LogP contribution in [0.5, 0.6) is 11.5 Å². The van der Waals surface area contributed by atoms with Gasteiger partial charge in [-0.1, -0.05) is 30.3 Å². The maximum absolute atomic E-state index is 11.3. The van der Waals surface area contributed by atoms with Crippen molar-refractivity contribution < 1.29 is 14.3 Å². The summed E-state index contributed by atoms with van der Waals surface area (Å²) in [7, 11) is 1.39. The molecule has 0 saturated carbocycles. The van der Waals surface area contributed by atoms with E-state index in [9.17, 15) is 4.79 Å². The average Bonchev–Trinajstić information content (AvgIpc) is 2.54. The van der Waals surface area contributed by atoms with E-state index in [2.05, 4.69) is 10.1 Å². The maximum Gasteiger partial charge on any atom is 0.322 e. The van der Waals surface area contributed by atoms with Gasteiger partial charge < -0.3 is 14.8 Å². The third kappa shape index (κ3) is 4.61. The molecule has 0 aromatic heterocycles. The molecule has 2 rings (SSSR count). The highest BCUT2D eigenvalue weighted by atomic mass is 16.5. The fraction of sp³-hybridized carbons (Fsp3) is 0.235. The van der Waals surface area contributed by atoms with Gasteiger partial charge in [0.2, 0.25) is 0 Å². The van der Waals surface area contributed by atoms with E-state index in [4.69, 9.17) is 4.74 Å². The zero-order chi connectivity index (χ0) is 15.1. The monoisotopic (exact) mass is 285 g/mol. The van der Waals surface area contributed by atoms with Crippen molar-refractivity contribution >= 4 is 5.97 Å². The van der Waals surface area contributed by atoms with Crippen LogP contribution in [0.25, 0.3) is 0 Å². The quantitative estimate of drug-likeness (QED) is 0.828. The fourth-order valence-corrected chi connectivity index (χ4v) is 1.83. The van der Waals surface area contributed by atoms with Crippen molar-refractivity contribution in [3.63, 3.8) is 0 Å². The lowest BCUT2D eigenvalue weighted by Gasteiger charge is -2.12. The van der Waals surface area contributed by atoms with Gasteiger partial charge in [-0.25, -0.2) is 0 Å². The number of hydrogen-bond acceptors (Lipinski definition) is 4. The van der Waals surface area contributed by atoms with E-state index in [1.807, 2.05) is 54.6 Å². The molecule has 0 aliphatic rings. The molecule has 2 aromatic carbocycles. The number of benzene rings is 2. The second-order valence-electron chi connectivity index (χ2n) is 4.68. The molecular formula is C17H19NO3. The van der Waals surface area contributed by atoms with Crippen LogP contribution < -0.4 is 10.1 Å². The third-order valence-corrected chi connectivity index (χ3v) is 3.07. The average molecular weight is 285 g/mol. The lowest BCUT2D eigenvalue weighted by atomic mass is 10.2. The summed E-state index contributed by atoms with van der Waals surface area (Å²) >= 11 is 0. The lowest BCUT2D eigenvalue weighted by molar-refractivity contribution is -0.142. The number of nitrogens with one attached hydrogen (secondary N) is 1. The maximum atomic E-state index is 11.3. The summed E-state index contributed by atoms with van der Waals surface area (Å²) in [5, 5.41) is 3.10. The molecule has 0 spiro atoms. The number of para-hydroxylation sites is 1. The van der Waals surface area contributed by atoms with Crippen LogP contribution in [-0.4, -0.2) is 19.1 Å². The molecule has 0 saturated heterocycles. The van der Waals surface area contributed by atoms with Gasteiger partial charge >= 0.3 is 5.97 Å². The molecule has 0 unspecified atom stereocenters. The van der Waals surface area contributed by atoms with Crippen LogP contribution in [0.4, 0.5) is 0 Å². The first-order valence-corrected chi connectivity index (χ1v) is 6.82. The van der Waals surface area contributed by atoms with Crippen molar-refractivity contribution in [1.29, 1.82) is 0 Å². The van der Waals surface area contributed by atoms with E-state index in [-0.39, 0.29) is 12.0 Å². The molecule has 1 N–H and O–H groups in total. The molecular weight excluding hydrogens is 266 g/mol. The fourth-order valence-electron chi connectivity index (χ4n) is 1.83. The molecule has 0 aliphatic heterocycles. The number of hydrogen-bond donors (Lipinski definition) is 1. The van der Waals surface area contributed by atoms with Crippen molar-refractivity contribution in [2.45, 2.75) is 19.5 Å². The van der Waals surface area contributed by atoms with Crippen LogP contribution in [-0.2, 0) is 16.1 Å². The summed E-state index contributed by atoms with van der Waals surface area (Å²) in [6.45, 7) is 2.38. The molecule has 4 heteroatoms. The molecule has 0 heterocycles. The third-order valence-electron chi connectivity index (χ3n) is 3.07. The summed E-state index contributed by atoms with van der Waals surface area (Å²) in [4.78, 5) is 11.3. The van der Waals surface area contributed by atoms with Gasteiger partial charge in [0.05, 0.1) is 7.11 Å². The van der Waals surface area contributed by atoms with E-state index >= 15 is 0 Å². The Morgan fingerprint density at radius 3 is 2.29 bits per heavy atom.